The normalized spacial score (nSPS) is 29.6. The van der Waals surface area contributed by atoms with Gasteiger partial charge in [-0.3, -0.25) is 9.59 Å². The van der Waals surface area contributed by atoms with Gasteiger partial charge in [-0.1, -0.05) is 55.5 Å². The number of carbonyl (C=O) groups excluding carboxylic acids is 2. The summed E-state index contributed by atoms with van der Waals surface area (Å²) < 4.78 is 5.20. The fraction of sp³-hybridized carbons (Fsp3) is 0.300. The third kappa shape index (κ3) is 1.44. The topological polar surface area (TPSA) is 46.6 Å². The summed E-state index contributed by atoms with van der Waals surface area (Å²) in [6.07, 6.45) is 0. The SMILES string of the molecule is COC(=O)C1(c2ccccc2)C2N(C(C)=O)c3ccccc3C21C. The van der Waals surface area contributed by atoms with Crippen molar-refractivity contribution < 1.29 is 14.3 Å². The van der Waals surface area contributed by atoms with Gasteiger partial charge in [-0.15, -0.1) is 0 Å². The second-order valence-electron chi connectivity index (χ2n) is 6.68. The minimum Gasteiger partial charge on any atom is -0.468 e. The lowest BCUT2D eigenvalue weighted by molar-refractivity contribution is -0.144. The van der Waals surface area contributed by atoms with Crippen molar-refractivity contribution in [2.45, 2.75) is 30.7 Å². The van der Waals surface area contributed by atoms with E-state index in [4.69, 9.17) is 4.74 Å². The molecule has 4 rings (SSSR count). The van der Waals surface area contributed by atoms with Gasteiger partial charge in [0, 0.05) is 18.0 Å². The van der Waals surface area contributed by atoms with E-state index in [0.717, 1.165) is 16.8 Å². The first kappa shape index (κ1) is 14.9. The van der Waals surface area contributed by atoms with E-state index in [1.807, 2.05) is 54.6 Å². The van der Waals surface area contributed by atoms with Crippen molar-refractivity contribution in [2.24, 2.45) is 0 Å². The standard InChI is InChI=1S/C20H19NO3/c1-13(22)21-16-12-8-7-11-15(16)19(2)17(21)20(19,18(23)24-3)14-9-5-4-6-10-14/h4-12,17H,1-3H3. The number of hydrogen-bond acceptors (Lipinski definition) is 3. The molecule has 1 amide bonds. The predicted molar refractivity (Wildman–Crippen MR) is 90.9 cm³/mol. The Bertz CT molecular complexity index is 847. The Morgan fingerprint density at radius 3 is 2.29 bits per heavy atom. The number of para-hydroxylation sites is 1. The van der Waals surface area contributed by atoms with Crippen LogP contribution in [0.5, 0.6) is 0 Å². The van der Waals surface area contributed by atoms with Crippen LogP contribution < -0.4 is 4.90 Å². The fourth-order valence-electron chi connectivity index (χ4n) is 4.78. The Morgan fingerprint density at radius 2 is 1.67 bits per heavy atom. The molecule has 4 heteroatoms. The molecule has 122 valence electrons. The molecule has 0 saturated heterocycles. The zero-order valence-corrected chi connectivity index (χ0v) is 13.9. The van der Waals surface area contributed by atoms with Crippen molar-refractivity contribution in [3.8, 4) is 0 Å². The molecule has 1 fully saturated rings. The number of carbonyl (C=O) groups is 2. The fourth-order valence-corrected chi connectivity index (χ4v) is 4.78. The van der Waals surface area contributed by atoms with Crippen LogP contribution in [0, 0.1) is 0 Å². The Balaban J connectivity index is 2.00. The number of rotatable bonds is 2. The molecule has 3 atom stereocenters. The van der Waals surface area contributed by atoms with Crippen LogP contribution >= 0.6 is 0 Å². The van der Waals surface area contributed by atoms with E-state index >= 15 is 0 Å². The zero-order chi connectivity index (χ0) is 17.1. The van der Waals surface area contributed by atoms with Gasteiger partial charge in [0.15, 0.2) is 0 Å². The van der Waals surface area contributed by atoms with Crippen molar-refractivity contribution in [3.63, 3.8) is 0 Å². The molecular weight excluding hydrogens is 302 g/mol. The highest BCUT2D eigenvalue weighted by Crippen LogP contribution is 2.73. The lowest BCUT2D eigenvalue weighted by Gasteiger charge is -2.28. The van der Waals surface area contributed by atoms with Gasteiger partial charge in [0.1, 0.15) is 5.41 Å². The Kier molecular flexibility index (Phi) is 2.92. The third-order valence-electron chi connectivity index (χ3n) is 5.75. The van der Waals surface area contributed by atoms with Gasteiger partial charge in [0.05, 0.1) is 13.2 Å². The number of benzene rings is 2. The van der Waals surface area contributed by atoms with Gasteiger partial charge in [-0.2, -0.15) is 0 Å². The Hall–Kier alpha value is -2.62. The van der Waals surface area contributed by atoms with Crippen molar-refractivity contribution in [2.75, 3.05) is 12.0 Å². The van der Waals surface area contributed by atoms with Crippen LogP contribution in [0.4, 0.5) is 5.69 Å². The largest absolute Gasteiger partial charge is 0.468 e. The maximum absolute atomic E-state index is 12.9. The van der Waals surface area contributed by atoms with Gasteiger partial charge in [0.25, 0.3) is 0 Å². The smallest absolute Gasteiger partial charge is 0.319 e. The van der Waals surface area contributed by atoms with Gasteiger partial charge in [-0.25, -0.2) is 0 Å². The molecule has 0 N–H and O–H groups in total. The highest BCUT2D eigenvalue weighted by atomic mass is 16.5. The monoisotopic (exact) mass is 321 g/mol. The van der Waals surface area contributed by atoms with E-state index in [1.165, 1.54) is 7.11 Å². The lowest BCUT2D eigenvalue weighted by Crippen LogP contribution is -2.40. The van der Waals surface area contributed by atoms with E-state index in [9.17, 15) is 9.59 Å². The quantitative estimate of drug-likeness (QED) is 0.799. The summed E-state index contributed by atoms with van der Waals surface area (Å²) in [6.45, 7) is 3.61. The zero-order valence-electron chi connectivity index (χ0n) is 13.9. The van der Waals surface area contributed by atoms with Gasteiger partial charge >= 0.3 is 5.97 Å². The molecule has 2 aromatic carbocycles. The summed E-state index contributed by atoms with van der Waals surface area (Å²) >= 11 is 0. The summed E-state index contributed by atoms with van der Waals surface area (Å²) in [5.41, 5.74) is 1.48. The molecule has 1 aliphatic heterocycles. The number of ether oxygens (including phenoxy) is 1. The minimum atomic E-state index is -0.858. The predicted octanol–water partition coefficient (Wildman–Crippen LogP) is 2.80. The van der Waals surface area contributed by atoms with Crippen LogP contribution in [0.2, 0.25) is 0 Å². The summed E-state index contributed by atoms with van der Waals surface area (Å²) in [6, 6.07) is 17.2. The van der Waals surface area contributed by atoms with Crippen molar-refractivity contribution in [1.82, 2.24) is 0 Å². The van der Waals surface area contributed by atoms with E-state index in [2.05, 4.69) is 6.92 Å². The second-order valence-corrected chi connectivity index (χ2v) is 6.68. The molecule has 1 heterocycles. The number of methoxy groups -OCH3 is 1. The molecule has 1 saturated carbocycles. The van der Waals surface area contributed by atoms with Gasteiger partial charge in [0.2, 0.25) is 5.91 Å². The van der Waals surface area contributed by atoms with Crippen molar-refractivity contribution in [3.05, 3.63) is 65.7 Å². The summed E-state index contributed by atoms with van der Waals surface area (Å²) in [5.74, 6) is -0.347. The molecule has 0 spiro atoms. The van der Waals surface area contributed by atoms with E-state index in [-0.39, 0.29) is 17.9 Å². The molecule has 0 aromatic heterocycles. The molecule has 2 aromatic rings. The summed E-state index contributed by atoms with van der Waals surface area (Å²) in [7, 11) is 1.41. The summed E-state index contributed by atoms with van der Waals surface area (Å²) in [4.78, 5) is 27.1. The highest BCUT2D eigenvalue weighted by Gasteiger charge is 2.85. The van der Waals surface area contributed by atoms with Crippen LogP contribution in [0.15, 0.2) is 54.6 Å². The maximum atomic E-state index is 12.9. The van der Waals surface area contributed by atoms with Crippen LogP contribution in [0.1, 0.15) is 25.0 Å². The molecule has 3 unspecified atom stereocenters. The number of nitrogens with zero attached hydrogens (tertiary/aromatic N) is 1. The molecular formula is C20H19NO3. The Labute approximate surface area is 141 Å². The molecule has 24 heavy (non-hydrogen) atoms. The number of esters is 1. The lowest BCUT2D eigenvalue weighted by atomic mass is 9.81. The van der Waals surface area contributed by atoms with Crippen molar-refractivity contribution in [1.29, 1.82) is 0 Å². The van der Waals surface area contributed by atoms with Gasteiger partial charge in [-0.05, 0) is 17.2 Å². The average molecular weight is 321 g/mol. The van der Waals surface area contributed by atoms with Crippen molar-refractivity contribution >= 4 is 17.6 Å². The van der Waals surface area contributed by atoms with Crippen LogP contribution in [0.3, 0.4) is 0 Å². The first-order valence-electron chi connectivity index (χ1n) is 8.04. The number of fused-ring (bicyclic) bond motifs is 3. The number of anilines is 1. The number of hydrogen-bond donors (Lipinski definition) is 0. The van der Waals surface area contributed by atoms with E-state index in [0.29, 0.717) is 0 Å². The van der Waals surface area contributed by atoms with E-state index in [1.54, 1.807) is 11.8 Å². The van der Waals surface area contributed by atoms with Gasteiger partial charge < -0.3 is 9.64 Å². The molecule has 1 aliphatic carbocycles. The molecule has 0 bridgehead atoms. The van der Waals surface area contributed by atoms with E-state index < -0.39 is 10.8 Å². The average Bonchev–Trinajstić information content (AvgIpc) is 3.05. The highest BCUT2D eigenvalue weighted by molar-refractivity contribution is 6.06. The molecule has 4 nitrogen and oxygen atoms in total. The molecule has 2 aliphatic rings. The maximum Gasteiger partial charge on any atom is 0.319 e. The Morgan fingerprint density at radius 1 is 1.04 bits per heavy atom. The van der Waals surface area contributed by atoms with Crippen LogP contribution in [-0.2, 0) is 25.2 Å². The first-order valence-corrected chi connectivity index (χ1v) is 8.04. The summed E-state index contributed by atoms with van der Waals surface area (Å²) in [5, 5.41) is 0. The first-order chi connectivity index (χ1) is 11.5. The van der Waals surface area contributed by atoms with Crippen LogP contribution in [-0.4, -0.2) is 25.0 Å². The van der Waals surface area contributed by atoms with Crippen LogP contribution in [0.25, 0.3) is 0 Å². The third-order valence-corrected chi connectivity index (χ3v) is 5.75. The number of amides is 1. The second kappa shape index (κ2) is 4.69. The molecule has 0 radical (unpaired) electrons. The minimum absolute atomic E-state index is 0.0575.